The topological polar surface area (TPSA) is 38.3 Å². The van der Waals surface area contributed by atoms with Crippen LogP contribution in [0.5, 0.6) is 0 Å². The third kappa shape index (κ3) is 1.51. The second-order valence-corrected chi connectivity index (χ2v) is 4.18. The number of nitrogens with one attached hydrogen (secondary N) is 1. The normalized spacial score (nSPS) is 21.1. The van der Waals surface area contributed by atoms with Crippen molar-refractivity contribution in [2.45, 2.75) is 18.4 Å². The van der Waals surface area contributed by atoms with E-state index in [-0.39, 0.29) is 24.0 Å². The first kappa shape index (κ1) is 11.4. The van der Waals surface area contributed by atoms with Gasteiger partial charge in [-0.05, 0) is 19.2 Å². The van der Waals surface area contributed by atoms with Crippen molar-refractivity contribution in [2.75, 3.05) is 13.1 Å². The third-order valence-electron chi connectivity index (χ3n) is 3.34. The van der Waals surface area contributed by atoms with Gasteiger partial charge in [-0.3, -0.25) is 0 Å². The first-order valence-corrected chi connectivity index (χ1v) is 5.35. The molecule has 0 unspecified atom stereocenters. The fourth-order valence-electron chi connectivity index (χ4n) is 2.55. The summed E-state index contributed by atoms with van der Waals surface area (Å²) in [7, 11) is 0. The molecule has 1 aromatic rings. The monoisotopic (exact) mass is 239 g/mol. The van der Waals surface area contributed by atoms with Crippen LogP contribution in [0.15, 0.2) is 24.3 Å². The van der Waals surface area contributed by atoms with Gasteiger partial charge < -0.3 is 10.1 Å². The summed E-state index contributed by atoms with van der Waals surface area (Å²) in [6.07, 6.45) is 1.77. The van der Waals surface area contributed by atoms with Crippen molar-refractivity contribution in [3.8, 4) is 0 Å². The summed E-state index contributed by atoms with van der Waals surface area (Å²) in [4.78, 5) is 11.7. The van der Waals surface area contributed by atoms with Gasteiger partial charge in [0.05, 0.1) is 5.56 Å². The molecule has 1 fully saturated rings. The number of carbonyl (C=O) groups is 1. The minimum absolute atomic E-state index is 0. The van der Waals surface area contributed by atoms with Crippen molar-refractivity contribution < 1.29 is 9.53 Å². The maximum Gasteiger partial charge on any atom is 0.339 e. The van der Waals surface area contributed by atoms with Gasteiger partial charge in [-0.25, -0.2) is 4.79 Å². The number of rotatable bonds is 0. The summed E-state index contributed by atoms with van der Waals surface area (Å²) in [5.41, 5.74) is 1.50. The molecule has 1 N–H and O–H groups in total. The van der Waals surface area contributed by atoms with E-state index in [2.05, 4.69) is 5.32 Å². The van der Waals surface area contributed by atoms with E-state index in [4.69, 9.17) is 4.74 Å². The van der Waals surface area contributed by atoms with Crippen LogP contribution in [-0.2, 0) is 10.3 Å². The summed E-state index contributed by atoms with van der Waals surface area (Å²) in [5, 5.41) is 3.29. The van der Waals surface area contributed by atoms with Crippen LogP contribution in [0.4, 0.5) is 0 Å². The molecule has 0 bridgehead atoms. The van der Waals surface area contributed by atoms with E-state index >= 15 is 0 Å². The summed E-state index contributed by atoms with van der Waals surface area (Å²) in [6.45, 7) is 1.84. The molecule has 0 amide bonds. The Bertz CT molecular complexity index is 413. The molecule has 1 saturated heterocycles. The molecule has 3 rings (SSSR count). The van der Waals surface area contributed by atoms with Crippen molar-refractivity contribution in [2.24, 2.45) is 0 Å². The van der Waals surface area contributed by atoms with Gasteiger partial charge in [0.25, 0.3) is 0 Å². The SMILES string of the molecule is Cl.O=C1OC2(CCNCC2)c2ccccc21. The lowest BCUT2D eigenvalue weighted by atomic mass is 9.84. The lowest BCUT2D eigenvalue weighted by Crippen LogP contribution is -2.39. The smallest absolute Gasteiger partial charge is 0.339 e. The molecule has 2 heterocycles. The molecular weight excluding hydrogens is 226 g/mol. The van der Waals surface area contributed by atoms with Crippen LogP contribution < -0.4 is 5.32 Å². The minimum atomic E-state index is -0.334. The number of carbonyl (C=O) groups excluding carboxylic acids is 1. The Kier molecular flexibility index (Phi) is 2.91. The molecule has 2 aliphatic heterocycles. The Labute approximate surface area is 101 Å². The van der Waals surface area contributed by atoms with Crippen molar-refractivity contribution >= 4 is 18.4 Å². The molecule has 0 saturated carbocycles. The fourth-order valence-corrected chi connectivity index (χ4v) is 2.55. The van der Waals surface area contributed by atoms with E-state index in [1.54, 1.807) is 0 Å². The molecule has 2 aliphatic rings. The van der Waals surface area contributed by atoms with Gasteiger partial charge in [0, 0.05) is 18.4 Å². The molecule has 0 atom stereocenters. The van der Waals surface area contributed by atoms with E-state index in [0.717, 1.165) is 37.1 Å². The molecule has 0 radical (unpaired) electrons. The number of halogens is 1. The van der Waals surface area contributed by atoms with Gasteiger partial charge in [-0.2, -0.15) is 0 Å². The standard InChI is InChI=1S/C12H13NO2.ClH/c14-11-9-3-1-2-4-10(9)12(15-11)5-7-13-8-6-12;/h1-4,13H,5-8H2;1H. The van der Waals surface area contributed by atoms with E-state index in [1.165, 1.54) is 0 Å². The number of piperidine rings is 1. The van der Waals surface area contributed by atoms with E-state index in [9.17, 15) is 4.79 Å². The predicted molar refractivity (Wildman–Crippen MR) is 62.9 cm³/mol. The van der Waals surface area contributed by atoms with Crippen LogP contribution >= 0.6 is 12.4 Å². The molecular formula is C12H14ClNO2. The molecule has 3 nitrogen and oxygen atoms in total. The lowest BCUT2D eigenvalue weighted by Gasteiger charge is -2.33. The quantitative estimate of drug-likeness (QED) is 0.703. The van der Waals surface area contributed by atoms with Gasteiger partial charge >= 0.3 is 5.97 Å². The number of esters is 1. The predicted octanol–water partition coefficient (Wildman–Crippen LogP) is 1.86. The Morgan fingerprint density at radius 3 is 2.62 bits per heavy atom. The van der Waals surface area contributed by atoms with Crippen LogP contribution in [-0.4, -0.2) is 19.1 Å². The minimum Gasteiger partial charge on any atom is -0.450 e. The van der Waals surface area contributed by atoms with Crippen molar-refractivity contribution in [3.63, 3.8) is 0 Å². The highest BCUT2D eigenvalue weighted by atomic mass is 35.5. The van der Waals surface area contributed by atoms with Crippen LogP contribution in [0.1, 0.15) is 28.8 Å². The molecule has 0 aromatic heterocycles. The van der Waals surface area contributed by atoms with Crippen molar-refractivity contribution in [3.05, 3.63) is 35.4 Å². The number of hydrogen-bond donors (Lipinski definition) is 1. The Balaban J connectivity index is 0.000000963. The number of ether oxygens (including phenoxy) is 1. The van der Waals surface area contributed by atoms with Gasteiger partial charge in [0.2, 0.25) is 0 Å². The summed E-state index contributed by atoms with van der Waals surface area (Å²) in [6, 6.07) is 7.74. The van der Waals surface area contributed by atoms with Gasteiger partial charge in [-0.1, -0.05) is 18.2 Å². The average Bonchev–Trinajstić information content (AvgIpc) is 2.55. The number of hydrogen-bond acceptors (Lipinski definition) is 3. The van der Waals surface area contributed by atoms with E-state index in [0.29, 0.717) is 0 Å². The zero-order valence-corrected chi connectivity index (χ0v) is 9.68. The average molecular weight is 240 g/mol. The van der Waals surface area contributed by atoms with Gasteiger partial charge in [0.15, 0.2) is 0 Å². The van der Waals surface area contributed by atoms with Crippen molar-refractivity contribution in [1.29, 1.82) is 0 Å². The maximum absolute atomic E-state index is 11.7. The highest BCUT2D eigenvalue weighted by molar-refractivity contribution is 5.94. The first-order valence-electron chi connectivity index (χ1n) is 5.35. The summed E-state index contributed by atoms with van der Waals surface area (Å²) in [5.74, 6) is -0.160. The van der Waals surface area contributed by atoms with Crippen molar-refractivity contribution in [1.82, 2.24) is 5.32 Å². The third-order valence-corrected chi connectivity index (χ3v) is 3.34. The number of benzene rings is 1. The fraction of sp³-hybridized carbons (Fsp3) is 0.417. The highest BCUT2D eigenvalue weighted by Crippen LogP contribution is 2.42. The van der Waals surface area contributed by atoms with Crippen LogP contribution in [0.25, 0.3) is 0 Å². The summed E-state index contributed by atoms with van der Waals surface area (Å²) >= 11 is 0. The molecule has 86 valence electrons. The van der Waals surface area contributed by atoms with E-state index in [1.807, 2.05) is 24.3 Å². The zero-order valence-electron chi connectivity index (χ0n) is 8.86. The van der Waals surface area contributed by atoms with E-state index < -0.39 is 0 Å². The zero-order chi connectivity index (χ0) is 10.3. The largest absolute Gasteiger partial charge is 0.450 e. The molecule has 1 aromatic carbocycles. The van der Waals surface area contributed by atoms with Crippen LogP contribution in [0.2, 0.25) is 0 Å². The molecule has 16 heavy (non-hydrogen) atoms. The van der Waals surface area contributed by atoms with Gasteiger partial charge in [0.1, 0.15) is 5.60 Å². The second kappa shape index (κ2) is 4.07. The van der Waals surface area contributed by atoms with Crippen LogP contribution in [0.3, 0.4) is 0 Å². The summed E-state index contributed by atoms with van der Waals surface area (Å²) < 4.78 is 5.58. The lowest BCUT2D eigenvalue weighted by molar-refractivity contribution is -0.0241. The Hall–Kier alpha value is -1.06. The van der Waals surface area contributed by atoms with Crippen LogP contribution in [0, 0.1) is 0 Å². The molecule has 4 heteroatoms. The van der Waals surface area contributed by atoms with Gasteiger partial charge in [-0.15, -0.1) is 12.4 Å². The maximum atomic E-state index is 11.7. The first-order chi connectivity index (χ1) is 7.32. The molecule has 0 aliphatic carbocycles. The highest BCUT2D eigenvalue weighted by Gasteiger charge is 2.45. The second-order valence-electron chi connectivity index (χ2n) is 4.18. The molecule has 1 spiro atoms. The Morgan fingerprint density at radius 2 is 1.88 bits per heavy atom. The number of fused-ring (bicyclic) bond motifs is 2. The Morgan fingerprint density at radius 1 is 1.19 bits per heavy atom.